The number of hydrogen-bond acceptors (Lipinski definition) is 3. The smallest absolute Gasteiger partial charge is 0.372 e. The van der Waals surface area contributed by atoms with Crippen molar-refractivity contribution in [3.05, 3.63) is 0 Å². The van der Waals surface area contributed by atoms with Crippen molar-refractivity contribution in [3.8, 4) is 0 Å². The van der Waals surface area contributed by atoms with Gasteiger partial charge in [0.25, 0.3) is 0 Å². The van der Waals surface area contributed by atoms with Crippen LogP contribution < -0.4 is 0 Å². The third kappa shape index (κ3) is 3.68. The molecule has 1 N–H and O–H groups in total. The summed E-state index contributed by atoms with van der Waals surface area (Å²) in [6, 6.07) is 0. The number of nitrogens with zero attached hydrogens (tertiary/aromatic N) is 1. The molecule has 0 bridgehead atoms. The fourth-order valence-electron chi connectivity index (χ4n) is 0.901. The van der Waals surface area contributed by atoms with Crippen molar-refractivity contribution in [1.82, 2.24) is 4.90 Å². The number of amides is 1. The first-order valence-electron chi connectivity index (χ1n) is 4.06. The van der Waals surface area contributed by atoms with Gasteiger partial charge in [0.05, 0.1) is 6.42 Å². The summed E-state index contributed by atoms with van der Waals surface area (Å²) in [5.41, 5.74) is 0. The zero-order chi connectivity index (χ0) is 10.4. The molecule has 0 aromatic heterocycles. The molecule has 0 unspecified atom stereocenters. The fourth-order valence-corrected chi connectivity index (χ4v) is 0.901. The highest BCUT2D eigenvalue weighted by atomic mass is 16.4. The molecule has 0 heterocycles. The molecule has 74 valence electrons. The van der Waals surface area contributed by atoms with Gasteiger partial charge < -0.3 is 10.0 Å². The van der Waals surface area contributed by atoms with E-state index in [2.05, 4.69) is 0 Å². The van der Waals surface area contributed by atoms with Crippen molar-refractivity contribution in [2.24, 2.45) is 0 Å². The summed E-state index contributed by atoms with van der Waals surface area (Å²) in [6.45, 7) is 4.52. The number of Topliss-reactive ketones (excluding diaryl/α,β-unsaturated/α-hetero) is 1. The molecule has 0 fully saturated rings. The molecule has 0 aromatic rings. The Kier molecular flexibility index (Phi) is 4.72. The number of aliphatic carboxylic acids is 1. The molecule has 0 radical (unpaired) electrons. The number of carbonyl (C=O) groups is 3. The van der Waals surface area contributed by atoms with Gasteiger partial charge in [-0.1, -0.05) is 0 Å². The molecule has 0 spiro atoms. The molecule has 0 rings (SSSR count). The second kappa shape index (κ2) is 5.29. The Morgan fingerprint density at radius 3 is 1.92 bits per heavy atom. The number of carboxylic acids is 1. The summed E-state index contributed by atoms with van der Waals surface area (Å²) >= 11 is 0. The molecule has 1 amide bonds. The Balaban J connectivity index is 4.13. The highest BCUT2D eigenvalue weighted by molar-refractivity contribution is 6.36. The highest BCUT2D eigenvalue weighted by Gasteiger charge is 2.19. The molecular formula is C8H13NO4. The van der Waals surface area contributed by atoms with E-state index >= 15 is 0 Å². The lowest BCUT2D eigenvalue weighted by molar-refractivity contribution is -0.151. The molecule has 0 aliphatic rings. The van der Waals surface area contributed by atoms with Gasteiger partial charge in [-0.05, 0) is 13.8 Å². The Morgan fingerprint density at radius 1 is 1.15 bits per heavy atom. The van der Waals surface area contributed by atoms with Crippen LogP contribution in [0.15, 0.2) is 0 Å². The molecule has 0 aliphatic heterocycles. The third-order valence-corrected chi connectivity index (χ3v) is 1.67. The standard InChI is InChI=1S/C8H13NO4/c1-3-9(4-2)7(11)5-6(10)8(12)13/h3-5H2,1-2H3,(H,12,13). The van der Waals surface area contributed by atoms with Crippen LogP contribution in [-0.4, -0.2) is 40.8 Å². The second-order valence-corrected chi connectivity index (χ2v) is 2.47. The van der Waals surface area contributed by atoms with Gasteiger partial charge in [0.15, 0.2) is 0 Å². The fraction of sp³-hybridized carbons (Fsp3) is 0.625. The number of rotatable bonds is 5. The van der Waals surface area contributed by atoms with Crippen LogP contribution in [0.1, 0.15) is 20.3 Å². The first-order chi connectivity index (χ1) is 6.02. The summed E-state index contributed by atoms with van der Waals surface area (Å²) in [6.07, 6.45) is -0.545. The van der Waals surface area contributed by atoms with Gasteiger partial charge in [-0.15, -0.1) is 0 Å². The lowest BCUT2D eigenvalue weighted by atomic mass is 10.2. The molecule has 0 saturated carbocycles. The van der Waals surface area contributed by atoms with E-state index in [9.17, 15) is 14.4 Å². The van der Waals surface area contributed by atoms with Crippen LogP contribution in [0.5, 0.6) is 0 Å². The summed E-state index contributed by atoms with van der Waals surface area (Å²) in [7, 11) is 0. The molecule has 5 heteroatoms. The summed E-state index contributed by atoms with van der Waals surface area (Å²) in [5.74, 6) is -3.05. The van der Waals surface area contributed by atoms with Crippen molar-refractivity contribution >= 4 is 17.7 Å². The van der Waals surface area contributed by atoms with Crippen molar-refractivity contribution in [3.63, 3.8) is 0 Å². The van der Waals surface area contributed by atoms with Crippen LogP contribution >= 0.6 is 0 Å². The maximum absolute atomic E-state index is 11.2. The van der Waals surface area contributed by atoms with Gasteiger partial charge in [0.2, 0.25) is 11.7 Å². The molecular weight excluding hydrogens is 174 g/mol. The van der Waals surface area contributed by atoms with Gasteiger partial charge in [-0.25, -0.2) is 4.79 Å². The second-order valence-electron chi connectivity index (χ2n) is 2.47. The summed E-state index contributed by atoms with van der Waals surface area (Å²) in [4.78, 5) is 33.3. The van der Waals surface area contributed by atoms with E-state index in [1.165, 1.54) is 4.90 Å². The molecule has 0 aromatic carbocycles. The topological polar surface area (TPSA) is 74.7 Å². The first-order valence-corrected chi connectivity index (χ1v) is 4.06. The van der Waals surface area contributed by atoms with Crippen molar-refractivity contribution in [2.75, 3.05) is 13.1 Å². The van der Waals surface area contributed by atoms with Crippen molar-refractivity contribution in [1.29, 1.82) is 0 Å². The number of carbonyl (C=O) groups excluding carboxylic acids is 2. The predicted molar refractivity (Wildman–Crippen MR) is 45.2 cm³/mol. The Hall–Kier alpha value is -1.39. The van der Waals surface area contributed by atoms with Gasteiger partial charge in [-0.3, -0.25) is 9.59 Å². The maximum Gasteiger partial charge on any atom is 0.372 e. The molecule has 0 atom stereocenters. The van der Waals surface area contributed by atoms with Crippen molar-refractivity contribution in [2.45, 2.75) is 20.3 Å². The van der Waals surface area contributed by atoms with Crippen LogP contribution in [0.4, 0.5) is 0 Å². The number of carboxylic acid groups (broad SMARTS) is 1. The first kappa shape index (κ1) is 11.6. The van der Waals surface area contributed by atoms with Crippen LogP contribution in [-0.2, 0) is 14.4 Å². The lowest BCUT2D eigenvalue weighted by Gasteiger charge is -2.17. The van der Waals surface area contributed by atoms with Crippen LogP contribution in [0.25, 0.3) is 0 Å². The van der Waals surface area contributed by atoms with Gasteiger partial charge in [-0.2, -0.15) is 0 Å². The number of hydrogen-bond donors (Lipinski definition) is 1. The zero-order valence-electron chi connectivity index (χ0n) is 7.74. The van der Waals surface area contributed by atoms with E-state index in [0.29, 0.717) is 13.1 Å². The minimum atomic E-state index is -1.56. The maximum atomic E-state index is 11.2. The minimum absolute atomic E-state index is 0.433. The van der Waals surface area contributed by atoms with E-state index in [-0.39, 0.29) is 0 Å². The molecule has 0 aliphatic carbocycles. The zero-order valence-corrected chi connectivity index (χ0v) is 7.74. The Bertz CT molecular complexity index is 220. The summed E-state index contributed by atoms with van der Waals surface area (Å²) in [5, 5.41) is 8.24. The van der Waals surface area contributed by atoms with Gasteiger partial charge in [0, 0.05) is 13.1 Å². The number of ketones is 1. The van der Waals surface area contributed by atoms with Crippen LogP contribution in [0.2, 0.25) is 0 Å². The van der Waals surface area contributed by atoms with Gasteiger partial charge >= 0.3 is 5.97 Å². The normalized spacial score (nSPS) is 9.38. The van der Waals surface area contributed by atoms with E-state index in [1.807, 2.05) is 0 Å². The van der Waals surface area contributed by atoms with E-state index in [0.717, 1.165) is 0 Å². The Labute approximate surface area is 76.3 Å². The van der Waals surface area contributed by atoms with Gasteiger partial charge in [0.1, 0.15) is 0 Å². The summed E-state index contributed by atoms with van der Waals surface area (Å²) < 4.78 is 0. The SMILES string of the molecule is CCN(CC)C(=O)CC(=O)C(=O)O. The third-order valence-electron chi connectivity index (χ3n) is 1.67. The van der Waals surface area contributed by atoms with Crippen LogP contribution in [0, 0.1) is 0 Å². The predicted octanol–water partition coefficient (Wildman–Crippen LogP) is -0.101. The van der Waals surface area contributed by atoms with Crippen molar-refractivity contribution < 1.29 is 19.5 Å². The molecule has 0 saturated heterocycles. The van der Waals surface area contributed by atoms with Crippen LogP contribution in [0.3, 0.4) is 0 Å². The molecule has 5 nitrogen and oxygen atoms in total. The Morgan fingerprint density at radius 2 is 1.62 bits per heavy atom. The average molecular weight is 187 g/mol. The molecule has 13 heavy (non-hydrogen) atoms. The van der Waals surface area contributed by atoms with E-state index < -0.39 is 24.1 Å². The average Bonchev–Trinajstić information content (AvgIpc) is 2.06. The minimum Gasteiger partial charge on any atom is -0.475 e. The lowest BCUT2D eigenvalue weighted by Crippen LogP contribution is -2.33. The van der Waals surface area contributed by atoms with E-state index in [4.69, 9.17) is 5.11 Å². The largest absolute Gasteiger partial charge is 0.475 e. The highest BCUT2D eigenvalue weighted by Crippen LogP contribution is 1.94. The van der Waals surface area contributed by atoms with E-state index in [1.54, 1.807) is 13.8 Å². The quantitative estimate of drug-likeness (QED) is 0.481. The monoisotopic (exact) mass is 187 g/mol.